The monoisotopic (exact) mass is 587 g/mol. The van der Waals surface area contributed by atoms with Gasteiger partial charge in [0.2, 0.25) is 0 Å². The van der Waals surface area contributed by atoms with Crippen molar-refractivity contribution in [2.45, 2.75) is 63.9 Å². The summed E-state index contributed by atoms with van der Waals surface area (Å²) in [5, 5.41) is 13.0. The number of H-pyrrole nitrogens is 1. The third-order valence-electron chi connectivity index (χ3n) is 5.82. The van der Waals surface area contributed by atoms with E-state index in [0.29, 0.717) is 0 Å². The Hall–Kier alpha value is -3.36. The van der Waals surface area contributed by atoms with Gasteiger partial charge in [-0.2, -0.15) is 5.09 Å². The largest absolute Gasteiger partial charge is 0.463 e. The summed E-state index contributed by atoms with van der Waals surface area (Å²) in [6.07, 6.45) is -5.23. The third kappa shape index (κ3) is 7.43. The number of hydrogen-bond donors (Lipinski definition) is 3. The van der Waals surface area contributed by atoms with E-state index in [4.69, 9.17) is 23.3 Å². The zero-order valence-corrected chi connectivity index (χ0v) is 23.0. The average molecular weight is 587 g/mol. The van der Waals surface area contributed by atoms with Gasteiger partial charge in [-0.15, -0.1) is 0 Å². The lowest BCUT2D eigenvalue weighted by atomic mass is 9.98. The van der Waals surface area contributed by atoms with Crippen molar-refractivity contribution >= 4 is 19.7 Å². The van der Waals surface area contributed by atoms with Crippen LogP contribution in [0.5, 0.6) is 5.75 Å². The highest BCUT2D eigenvalue weighted by Crippen LogP contribution is 2.47. The molecule has 1 unspecified atom stereocenters. The molecule has 40 heavy (non-hydrogen) atoms. The lowest BCUT2D eigenvalue weighted by molar-refractivity contribution is -0.167. The van der Waals surface area contributed by atoms with Gasteiger partial charge >= 0.3 is 25.4 Å². The first kappa shape index (κ1) is 31.2. The van der Waals surface area contributed by atoms with E-state index >= 15 is 4.39 Å². The molecule has 2 heterocycles. The average Bonchev–Trinajstić information content (AvgIpc) is 3.11. The fraction of sp³-hybridized carbons (Fsp3) is 0.500. The molecule has 7 atom stereocenters. The van der Waals surface area contributed by atoms with Gasteiger partial charge in [0, 0.05) is 12.3 Å². The number of ether oxygens (including phenoxy) is 3. The van der Waals surface area contributed by atoms with Crippen LogP contribution in [0.25, 0.3) is 0 Å². The van der Waals surface area contributed by atoms with Crippen LogP contribution in [0.4, 0.5) is 4.39 Å². The number of esters is 2. The third-order valence-corrected chi connectivity index (χ3v) is 7.46. The molecule has 1 fully saturated rings. The summed E-state index contributed by atoms with van der Waals surface area (Å²) in [4.78, 5) is 49.9. The van der Waals surface area contributed by atoms with Crippen LogP contribution in [-0.2, 0) is 32.9 Å². The molecule has 14 nitrogen and oxygen atoms in total. The Balaban J connectivity index is 1.77. The van der Waals surface area contributed by atoms with E-state index in [1.807, 2.05) is 4.98 Å². The first-order valence-electron chi connectivity index (χ1n) is 12.3. The smallest absolute Gasteiger partial charge is 0.459 e. The van der Waals surface area contributed by atoms with Crippen molar-refractivity contribution in [1.82, 2.24) is 14.6 Å². The Labute approximate surface area is 227 Å². The summed E-state index contributed by atoms with van der Waals surface area (Å²) in [5.74, 6) is -1.67. The molecular formula is C24H31FN3O11P. The number of halogens is 1. The SMILES string of the molecule is CCOC(=O)[C@H](C)OC(=O)[C@H](C)NP(=O)(OC[C@H]1O[C@@H](n2ccc(=O)[nH]c2=O)[C@](C)(F)[C@@H]1O)Oc1ccccc1. The lowest BCUT2D eigenvalue weighted by Gasteiger charge is -2.25. The molecule has 2 aromatic rings. The molecule has 0 spiro atoms. The van der Waals surface area contributed by atoms with Crippen molar-refractivity contribution in [2.24, 2.45) is 0 Å². The Bertz CT molecular complexity index is 1350. The van der Waals surface area contributed by atoms with E-state index in [9.17, 15) is 28.8 Å². The zero-order valence-electron chi connectivity index (χ0n) is 22.1. The number of aromatic amines is 1. The number of aromatic nitrogens is 2. The molecule has 16 heteroatoms. The minimum absolute atomic E-state index is 0.0766. The van der Waals surface area contributed by atoms with E-state index in [1.165, 1.54) is 26.0 Å². The first-order valence-corrected chi connectivity index (χ1v) is 13.8. The van der Waals surface area contributed by atoms with Crippen molar-refractivity contribution in [2.75, 3.05) is 13.2 Å². The molecule has 0 bridgehead atoms. The zero-order chi connectivity index (χ0) is 29.7. The van der Waals surface area contributed by atoms with Crippen molar-refractivity contribution in [1.29, 1.82) is 0 Å². The van der Waals surface area contributed by atoms with E-state index in [1.54, 1.807) is 25.1 Å². The molecule has 3 N–H and O–H groups in total. The van der Waals surface area contributed by atoms with Crippen LogP contribution < -0.4 is 20.9 Å². The second kappa shape index (κ2) is 12.9. The number of benzene rings is 1. The summed E-state index contributed by atoms with van der Waals surface area (Å²) >= 11 is 0. The maximum Gasteiger partial charge on any atom is 0.459 e. The normalized spacial score (nSPS) is 25.4. The summed E-state index contributed by atoms with van der Waals surface area (Å²) in [6.45, 7) is 4.52. The maximum absolute atomic E-state index is 15.5. The summed E-state index contributed by atoms with van der Waals surface area (Å²) < 4.78 is 56.3. The molecule has 220 valence electrons. The lowest BCUT2D eigenvalue weighted by Crippen LogP contribution is -2.44. The topological polar surface area (TPSA) is 184 Å². The molecule has 0 saturated carbocycles. The molecule has 0 radical (unpaired) electrons. The second-order valence-corrected chi connectivity index (χ2v) is 10.7. The molecule has 3 rings (SSSR count). The number of aliphatic hydroxyl groups excluding tert-OH is 1. The number of aliphatic hydroxyl groups is 1. The summed E-state index contributed by atoms with van der Waals surface area (Å²) in [7, 11) is -4.46. The molecule has 1 aromatic carbocycles. The van der Waals surface area contributed by atoms with Crippen molar-refractivity contribution < 1.29 is 46.9 Å². The molecule has 0 amide bonds. The Kier molecular flexibility index (Phi) is 10.0. The standard InChI is InChI=1S/C24H31FN3O11P/c1-5-35-21(32)15(3)37-20(31)14(2)27-40(34,39-16-9-7-6-8-10-16)36-13-17-19(30)24(4,25)22(38-17)28-12-11-18(29)26-23(28)33/h6-12,14-15,17,19,22,30H,5,13H2,1-4H3,(H,27,34)(H,26,29,33)/t14-,15-,17+,19+,22+,24+,40?/m0/s1. The highest BCUT2D eigenvalue weighted by Gasteiger charge is 2.56. The number of hydrogen-bond acceptors (Lipinski definition) is 11. The number of carbonyl (C=O) groups excluding carboxylic acids is 2. The van der Waals surface area contributed by atoms with Gasteiger partial charge in [-0.1, -0.05) is 18.2 Å². The number of nitrogens with zero attached hydrogens (tertiary/aromatic N) is 1. The fourth-order valence-corrected chi connectivity index (χ4v) is 5.22. The van der Waals surface area contributed by atoms with Crippen LogP contribution in [0.15, 0.2) is 52.2 Å². The highest BCUT2D eigenvalue weighted by atomic mass is 31.2. The predicted molar refractivity (Wildman–Crippen MR) is 136 cm³/mol. The van der Waals surface area contributed by atoms with Gasteiger partial charge in [-0.3, -0.25) is 23.7 Å². The number of alkyl halides is 1. The Morgan fingerprint density at radius 3 is 2.52 bits per heavy atom. The first-order chi connectivity index (χ1) is 18.8. The number of rotatable bonds is 12. The number of nitrogens with one attached hydrogen (secondary N) is 2. The molecule has 1 aliphatic rings. The van der Waals surface area contributed by atoms with Crippen LogP contribution in [0, 0.1) is 0 Å². The molecular weight excluding hydrogens is 556 g/mol. The van der Waals surface area contributed by atoms with Gasteiger partial charge in [0.15, 0.2) is 18.0 Å². The highest BCUT2D eigenvalue weighted by molar-refractivity contribution is 7.52. The van der Waals surface area contributed by atoms with Crippen molar-refractivity contribution in [3.63, 3.8) is 0 Å². The van der Waals surface area contributed by atoms with Crippen molar-refractivity contribution in [3.8, 4) is 5.75 Å². The molecule has 1 aliphatic heterocycles. The predicted octanol–water partition coefficient (Wildman–Crippen LogP) is 1.20. The summed E-state index contributed by atoms with van der Waals surface area (Å²) in [6, 6.07) is 7.41. The minimum Gasteiger partial charge on any atom is -0.463 e. The molecule has 0 aliphatic carbocycles. The van der Waals surface area contributed by atoms with Gasteiger partial charge in [-0.25, -0.2) is 18.5 Å². The fourth-order valence-electron chi connectivity index (χ4n) is 3.72. The van der Waals surface area contributed by atoms with Gasteiger partial charge in [0.25, 0.3) is 5.56 Å². The summed E-state index contributed by atoms with van der Waals surface area (Å²) in [5.41, 5.74) is -4.22. The second-order valence-electron chi connectivity index (χ2n) is 9.02. The van der Waals surface area contributed by atoms with Crippen LogP contribution in [0.2, 0.25) is 0 Å². The molecule has 1 aromatic heterocycles. The maximum atomic E-state index is 15.5. The number of carbonyl (C=O) groups is 2. The van der Waals surface area contributed by atoms with Crippen LogP contribution in [0.1, 0.15) is 33.9 Å². The quantitative estimate of drug-likeness (QED) is 0.239. The number of para-hydroxylation sites is 1. The van der Waals surface area contributed by atoms with Gasteiger partial charge < -0.3 is 23.8 Å². The van der Waals surface area contributed by atoms with E-state index in [2.05, 4.69) is 5.09 Å². The van der Waals surface area contributed by atoms with Crippen LogP contribution in [0.3, 0.4) is 0 Å². The molecule has 1 saturated heterocycles. The van der Waals surface area contributed by atoms with E-state index in [0.717, 1.165) is 23.8 Å². The van der Waals surface area contributed by atoms with E-state index in [-0.39, 0.29) is 12.4 Å². The Morgan fingerprint density at radius 1 is 1.23 bits per heavy atom. The Morgan fingerprint density at radius 2 is 1.90 bits per heavy atom. The van der Waals surface area contributed by atoms with Crippen LogP contribution >= 0.6 is 7.75 Å². The van der Waals surface area contributed by atoms with Crippen LogP contribution in [-0.4, -0.2) is 69.8 Å². The van der Waals surface area contributed by atoms with Gasteiger partial charge in [0.1, 0.15) is 24.0 Å². The van der Waals surface area contributed by atoms with Crippen molar-refractivity contribution in [3.05, 3.63) is 63.4 Å². The van der Waals surface area contributed by atoms with Gasteiger partial charge in [-0.05, 0) is 39.8 Å². The van der Waals surface area contributed by atoms with Gasteiger partial charge in [0.05, 0.1) is 13.2 Å². The minimum atomic E-state index is -4.46. The van der Waals surface area contributed by atoms with E-state index < -0.39 is 73.8 Å².